The molecule has 6 heteroatoms. The number of hydrogen-bond donors (Lipinski definition) is 1. The number of amides is 1. The molecule has 3 rings (SSSR count). The number of rotatable bonds is 2. The second-order valence-corrected chi connectivity index (χ2v) is 6.22. The minimum absolute atomic E-state index is 0.134. The number of halogens is 2. The Balaban J connectivity index is 1.82. The Morgan fingerprint density at radius 1 is 1.12 bits per heavy atom. The van der Waals surface area contributed by atoms with E-state index in [0.717, 1.165) is 5.01 Å². The summed E-state index contributed by atoms with van der Waals surface area (Å²) in [5.74, 6) is 4.04. The number of anilines is 1. The van der Waals surface area contributed by atoms with Crippen molar-refractivity contribution in [3.63, 3.8) is 0 Å². The zero-order valence-electron chi connectivity index (χ0n) is 13.1. The minimum Gasteiger partial charge on any atom is -0.322 e. The number of hydrogen-bond acceptors (Lipinski definition) is 3. The van der Waals surface area contributed by atoms with Crippen LogP contribution in [0.2, 0.25) is 0 Å². The van der Waals surface area contributed by atoms with Gasteiger partial charge < -0.3 is 5.32 Å². The van der Waals surface area contributed by atoms with Gasteiger partial charge >= 0.3 is 0 Å². The molecule has 0 aliphatic rings. The highest BCUT2D eigenvalue weighted by Gasteiger charge is 2.12. The number of thiazole rings is 1. The Labute approximate surface area is 147 Å². The quantitative estimate of drug-likeness (QED) is 0.694. The largest absolute Gasteiger partial charge is 0.322 e. The van der Waals surface area contributed by atoms with Gasteiger partial charge in [-0.25, -0.2) is 13.8 Å². The second kappa shape index (κ2) is 7.24. The first-order valence-electron chi connectivity index (χ1n) is 7.32. The molecule has 0 aliphatic heterocycles. The third-order valence-corrected chi connectivity index (χ3v) is 4.04. The predicted octanol–water partition coefficient (Wildman–Crippen LogP) is 4.38. The fourth-order valence-electron chi connectivity index (χ4n) is 2.07. The third-order valence-electron chi connectivity index (χ3n) is 3.27. The molecule has 1 N–H and O–H groups in total. The van der Waals surface area contributed by atoms with Crippen molar-refractivity contribution >= 4 is 22.9 Å². The molecule has 3 aromatic rings. The van der Waals surface area contributed by atoms with Crippen LogP contribution >= 0.6 is 11.3 Å². The molecule has 0 spiro atoms. The van der Waals surface area contributed by atoms with Gasteiger partial charge in [-0.1, -0.05) is 5.92 Å². The molecule has 0 saturated carbocycles. The van der Waals surface area contributed by atoms with Crippen molar-refractivity contribution in [1.82, 2.24) is 4.98 Å². The third kappa shape index (κ3) is 4.28. The first-order chi connectivity index (χ1) is 12.0. The van der Waals surface area contributed by atoms with Gasteiger partial charge in [0.25, 0.3) is 5.91 Å². The Bertz CT molecular complexity index is 985. The Kier molecular flexibility index (Phi) is 4.87. The fourth-order valence-corrected chi connectivity index (χ4v) is 2.61. The molecule has 1 aromatic heterocycles. The summed E-state index contributed by atoms with van der Waals surface area (Å²) in [7, 11) is 0. The van der Waals surface area contributed by atoms with Crippen molar-refractivity contribution in [3.8, 4) is 11.8 Å². The molecule has 0 aliphatic carbocycles. The molecule has 0 radical (unpaired) electrons. The van der Waals surface area contributed by atoms with Gasteiger partial charge in [-0.3, -0.25) is 4.79 Å². The van der Waals surface area contributed by atoms with Crippen LogP contribution in [-0.2, 0) is 0 Å². The van der Waals surface area contributed by atoms with Crippen molar-refractivity contribution in [2.24, 2.45) is 0 Å². The van der Waals surface area contributed by atoms with E-state index in [4.69, 9.17) is 0 Å². The number of carbonyl (C=O) groups excluding carboxylic acids is 1. The Morgan fingerprint density at radius 3 is 2.56 bits per heavy atom. The van der Waals surface area contributed by atoms with Crippen molar-refractivity contribution in [1.29, 1.82) is 0 Å². The summed E-state index contributed by atoms with van der Waals surface area (Å²) in [4.78, 5) is 16.5. The van der Waals surface area contributed by atoms with Crippen LogP contribution in [0.1, 0.15) is 26.6 Å². The van der Waals surface area contributed by atoms with Crippen LogP contribution in [0.3, 0.4) is 0 Å². The summed E-state index contributed by atoms with van der Waals surface area (Å²) in [6.07, 6.45) is 0. The van der Waals surface area contributed by atoms with Gasteiger partial charge in [0, 0.05) is 16.6 Å². The van der Waals surface area contributed by atoms with E-state index in [1.54, 1.807) is 0 Å². The van der Waals surface area contributed by atoms with Crippen LogP contribution in [0.25, 0.3) is 0 Å². The van der Waals surface area contributed by atoms with Gasteiger partial charge in [0.2, 0.25) is 0 Å². The maximum absolute atomic E-state index is 14.0. The lowest BCUT2D eigenvalue weighted by atomic mass is 10.1. The second-order valence-electron chi connectivity index (χ2n) is 5.16. The lowest BCUT2D eigenvalue weighted by Crippen LogP contribution is -2.14. The summed E-state index contributed by atoms with van der Waals surface area (Å²) in [6, 6.07) is 9.29. The Hall–Kier alpha value is -3.04. The minimum atomic E-state index is -0.658. The molecule has 0 fully saturated rings. The number of benzene rings is 2. The van der Waals surface area contributed by atoms with E-state index in [0.29, 0.717) is 16.9 Å². The van der Waals surface area contributed by atoms with E-state index in [1.807, 2.05) is 12.3 Å². The summed E-state index contributed by atoms with van der Waals surface area (Å²) >= 11 is 1.49. The molecule has 25 heavy (non-hydrogen) atoms. The maximum Gasteiger partial charge on any atom is 0.258 e. The summed E-state index contributed by atoms with van der Waals surface area (Å²) < 4.78 is 26.9. The van der Waals surface area contributed by atoms with Gasteiger partial charge in [-0.05, 0) is 55.3 Å². The zero-order valence-corrected chi connectivity index (χ0v) is 14.0. The lowest BCUT2D eigenvalue weighted by Gasteiger charge is -2.06. The number of aryl methyl sites for hydroxylation is 1. The van der Waals surface area contributed by atoms with Crippen molar-refractivity contribution in [2.45, 2.75) is 6.92 Å². The van der Waals surface area contributed by atoms with Crippen molar-refractivity contribution < 1.29 is 13.6 Å². The van der Waals surface area contributed by atoms with Crippen LogP contribution in [-0.4, -0.2) is 10.9 Å². The average molecular weight is 354 g/mol. The highest BCUT2D eigenvalue weighted by Crippen LogP contribution is 2.15. The SMILES string of the molecule is Cc1nc(C#Cc2ccc(F)c(C(=O)Nc3ccc(F)cc3)c2)cs1. The molecule has 0 bridgehead atoms. The highest BCUT2D eigenvalue weighted by atomic mass is 32.1. The van der Waals surface area contributed by atoms with E-state index in [2.05, 4.69) is 22.1 Å². The number of nitrogens with zero attached hydrogens (tertiary/aromatic N) is 1. The average Bonchev–Trinajstić information content (AvgIpc) is 3.01. The standard InChI is InChI=1S/C19H12F2N2OS/c1-12-22-16(11-25-12)6-2-13-3-9-18(21)17(10-13)19(24)23-15-7-4-14(20)5-8-15/h3-5,7-11H,1H3,(H,23,24). The smallest absolute Gasteiger partial charge is 0.258 e. The molecular weight excluding hydrogens is 342 g/mol. The fraction of sp³-hybridized carbons (Fsp3) is 0.0526. The van der Waals surface area contributed by atoms with E-state index in [-0.39, 0.29) is 5.56 Å². The monoisotopic (exact) mass is 354 g/mol. The van der Waals surface area contributed by atoms with Crippen LogP contribution in [0.15, 0.2) is 47.8 Å². The van der Waals surface area contributed by atoms with E-state index >= 15 is 0 Å². The highest BCUT2D eigenvalue weighted by molar-refractivity contribution is 7.09. The van der Waals surface area contributed by atoms with Gasteiger partial charge in [-0.2, -0.15) is 0 Å². The molecule has 124 valence electrons. The molecular formula is C19H12F2N2OS. The van der Waals surface area contributed by atoms with E-state index in [9.17, 15) is 13.6 Å². The first kappa shape index (κ1) is 16.8. The summed E-state index contributed by atoms with van der Waals surface area (Å²) in [5, 5.41) is 5.26. The first-order valence-corrected chi connectivity index (χ1v) is 8.20. The van der Waals surface area contributed by atoms with Gasteiger partial charge in [0.05, 0.1) is 10.6 Å². The maximum atomic E-state index is 14.0. The van der Waals surface area contributed by atoms with Crippen LogP contribution in [0, 0.1) is 30.4 Å². The van der Waals surface area contributed by atoms with Gasteiger partial charge in [0.1, 0.15) is 17.3 Å². The number of carbonyl (C=O) groups is 1. The molecule has 0 saturated heterocycles. The van der Waals surface area contributed by atoms with E-state index in [1.165, 1.54) is 53.8 Å². The van der Waals surface area contributed by atoms with Crippen molar-refractivity contribution in [2.75, 3.05) is 5.32 Å². The number of aromatic nitrogens is 1. The van der Waals surface area contributed by atoms with Crippen molar-refractivity contribution in [3.05, 3.63) is 81.3 Å². The molecule has 0 atom stereocenters. The molecule has 3 nitrogen and oxygen atoms in total. The molecule has 2 aromatic carbocycles. The van der Waals surface area contributed by atoms with Crippen LogP contribution in [0.4, 0.5) is 14.5 Å². The van der Waals surface area contributed by atoms with E-state index < -0.39 is 17.5 Å². The summed E-state index contributed by atoms with van der Waals surface area (Å²) in [5.41, 5.74) is 1.37. The molecule has 1 heterocycles. The van der Waals surface area contributed by atoms with Crippen LogP contribution < -0.4 is 5.32 Å². The lowest BCUT2D eigenvalue weighted by molar-refractivity contribution is 0.102. The normalized spacial score (nSPS) is 10.0. The zero-order chi connectivity index (χ0) is 17.8. The topological polar surface area (TPSA) is 42.0 Å². The van der Waals surface area contributed by atoms with Gasteiger partial charge in [0.15, 0.2) is 0 Å². The molecule has 0 unspecified atom stereocenters. The number of nitrogens with one attached hydrogen (secondary N) is 1. The molecule has 1 amide bonds. The predicted molar refractivity (Wildman–Crippen MR) is 93.6 cm³/mol. The summed E-state index contributed by atoms with van der Waals surface area (Å²) in [6.45, 7) is 1.88. The van der Waals surface area contributed by atoms with Gasteiger partial charge in [-0.15, -0.1) is 11.3 Å². The van der Waals surface area contributed by atoms with Crippen LogP contribution in [0.5, 0.6) is 0 Å². The Morgan fingerprint density at radius 2 is 1.88 bits per heavy atom.